The summed E-state index contributed by atoms with van der Waals surface area (Å²) in [6.07, 6.45) is 2.69. The van der Waals surface area contributed by atoms with E-state index in [9.17, 15) is 0 Å². The lowest BCUT2D eigenvalue weighted by Crippen LogP contribution is -2.18. The van der Waals surface area contributed by atoms with Crippen molar-refractivity contribution in [2.24, 2.45) is 0 Å². The number of likely N-dealkylation sites (tertiary alicyclic amines) is 1. The summed E-state index contributed by atoms with van der Waals surface area (Å²) in [5, 5.41) is 3.52. The maximum absolute atomic E-state index is 3.54. The Morgan fingerprint density at radius 3 is 2.67 bits per heavy atom. The van der Waals surface area contributed by atoms with Crippen LogP contribution < -0.4 is 5.32 Å². The van der Waals surface area contributed by atoms with Crippen LogP contribution in [-0.2, 0) is 13.1 Å². The van der Waals surface area contributed by atoms with Crippen LogP contribution in [0.15, 0.2) is 38.6 Å². The van der Waals surface area contributed by atoms with Crippen molar-refractivity contribution in [1.29, 1.82) is 0 Å². The fourth-order valence-electron chi connectivity index (χ4n) is 2.65. The van der Waals surface area contributed by atoms with Crippen LogP contribution in [0.5, 0.6) is 0 Å². The van der Waals surface area contributed by atoms with Gasteiger partial charge >= 0.3 is 0 Å². The van der Waals surface area contributed by atoms with Gasteiger partial charge in [0.1, 0.15) is 0 Å². The molecule has 112 valence electrons. The summed E-state index contributed by atoms with van der Waals surface area (Å²) in [6, 6.07) is 11.0. The molecule has 21 heavy (non-hydrogen) atoms. The summed E-state index contributed by atoms with van der Waals surface area (Å²) in [5.41, 5.74) is 2.60. The molecule has 5 heteroatoms. The lowest BCUT2D eigenvalue weighted by molar-refractivity contribution is 0.331. The smallest absolute Gasteiger partial charge is 0.0843 e. The van der Waals surface area contributed by atoms with Crippen molar-refractivity contribution in [3.63, 3.8) is 0 Å². The van der Waals surface area contributed by atoms with Gasteiger partial charge in [-0.15, -0.1) is 11.3 Å². The molecular weight excluding hydrogens is 412 g/mol. The highest BCUT2D eigenvalue weighted by Crippen LogP contribution is 2.32. The molecule has 2 heterocycles. The molecule has 1 aromatic carbocycles. The van der Waals surface area contributed by atoms with Gasteiger partial charge in [0.2, 0.25) is 0 Å². The molecule has 1 fully saturated rings. The van der Waals surface area contributed by atoms with Crippen LogP contribution >= 0.6 is 43.2 Å². The average Bonchev–Trinajstić information content (AvgIpc) is 3.08. The van der Waals surface area contributed by atoms with Gasteiger partial charge < -0.3 is 5.32 Å². The number of halogens is 2. The first kappa shape index (κ1) is 15.5. The second-order valence-electron chi connectivity index (χ2n) is 5.37. The van der Waals surface area contributed by atoms with Crippen LogP contribution in [0.2, 0.25) is 0 Å². The van der Waals surface area contributed by atoms with E-state index < -0.39 is 0 Å². The number of anilines is 1. The first-order valence-electron chi connectivity index (χ1n) is 7.19. The third-order valence-corrected chi connectivity index (χ3v) is 6.95. The van der Waals surface area contributed by atoms with Crippen molar-refractivity contribution in [2.75, 3.05) is 18.4 Å². The van der Waals surface area contributed by atoms with Crippen LogP contribution in [0.3, 0.4) is 0 Å². The molecule has 1 aromatic heterocycles. The van der Waals surface area contributed by atoms with Crippen molar-refractivity contribution < 1.29 is 0 Å². The average molecular weight is 430 g/mol. The Morgan fingerprint density at radius 1 is 1.14 bits per heavy atom. The Balaban J connectivity index is 1.60. The van der Waals surface area contributed by atoms with Gasteiger partial charge in [-0.2, -0.15) is 0 Å². The Hall–Kier alpha value is -0.360. The molecule has 1 aliphatic rings. The predicted molar refractivity (Wildman–Crippen MR) is 98.0 cm³/mol. The first-order valence-corrected chi connectivity index (χ1v) is 9.60. The van der Waals surface area contributed by atoms with E-state index in [4.69, 9.17) is 0 Å². The highest BCUT2D eigenvalue weighted by molar-refractivity contribution is 9.13. The number of rotatable bonds is 5. The van der Waals surface area contributed by atoms with Gasteiger partial charge in [0.15, 0.2) is 0 Å². The number of benzene rings is 1. The van der Waals surface area contributed by atoms with Gasteiger partial charge in [-0.05, 0) is 81.6 Å². The number of nitrogens with one attached hydrogen (secondary N) is 1. The monoisotopic (exact) mass is 428 g/mol. The van der Waals surface area contributed by atoms with Gasteiger partial charge in [-0.3, -0.25) is 4.90 Å². The SMILES string of the molecule is Brc1cc(CNc2cccc(CN3CCCC3)c2)sc1Br. The van der Waals surface area contributed by atoms with E-state index in [2.05, 4.69) is 72.4 Å². The predicted octanol–water partition coefficient (Wildman–Crippen LogP) is 5.48. The lowest BCUT2D eigenvalue weighted by Gasteiger charge is -2.15. The number of nitrogens with zero attached hydrogens (tertiary/aromatic N) is 1. The Kier molecular flexibility index (Phi) is 5.38. The Bertz CT molecular complexity index is 587. The summed E-state index contributed by atoms with van der Waals surface area (Å²) in [6.45, 7) is 4.43. The van der Waals surface area contributed by atoms with Crippen LogP contribution in [0.4, 0.5) is 5.69 Å². The minimum atomic E-state index is 0.863. The summed E-state index contributed by atoms with van der Waals surface area (Å²) < 4.78 is 2.29. The van der Waals surface area contributed by atoms with E-state index in [1.807, 2.05) is 0 Å². The largest absolute Gasteiger partial charge is 0.380 e. The summed E-state index contributed by atoms with van der Waals surface area (Å²) >= 11 is 8.84. The van der Waals surface area contributed by atoms with Gasteiger partial charge in [0, 0.05) is 28.1 Å². The minimum absolute atomic E-state index is 0.863. The molecule has 3 rings (SSSR count). The molecule has 1 N–H and O–H groups in total. The standard InChI is InChI=1S/C16H18Br2N2S/c17-15-9-14(21-16(15)18)10-19-13-5-3-4-12(8-13)11-20-6-1-2-7-20/h3-5,8-9,19H,1-2,6-7,10-11H2. The molecule has 0 saturated carbocycles. The fraction of sp³-hybridized carbons (Fsp3) is 0.375. The molecule has 0 unspecified atom stereocenters. The molecule has 0 atom stereocenters. The van der Waals surface area contributed by atoms with Crippen LogP contribution in [-0.4, -0.2) is 18.0 Å². The summed E-state index contributed by atoms with van der Waals surface area (Å²) in [7, 11) is 0. The molecule has 0 bridgehead atoms. The van der Waals surface area contributed by atoms with Crippen LogP contribution in [0.25, 0.3) is 0 Å². The lowest BCUT2D eigenvalue weighted by atomic mass is 10.2. The molecule has 2 aromatic rings. The molecule has 1 saturated heterocycles. The normalized spacial score (nSPS) is 15.5. The zero-order valence-electron chi connectivity index (χ0n) is 11.7. The number of thiophene rings is 1. The van der Waals surface area contributed by atoms with E-state index in [0.717, 1.165) is 21.3 Å². The third-order valence-electron chi connectivity index (χ3n) is 3.69. The zero-order chi connectivity index (χ0) is 14.7. The molecular formula is C16H18Br2N2S. The molecule has 0 spiro atoms. The third kappa shape index (κ3) is 4.31. The van der Waals surface area contributed by atoms with Gasteiger partial charge in [0.05, 0.1) is 3.79 Å². The topological polar surface area (TPSA) is 15.3 Å². The minimum Gasteiger partial charge on any atom is -0.380 e. The number of hydrogen-bond acceptors (Lipinski definition) is 3. The Morgan fingerprint density at radius 2 is 1.95 bits per heavy atom. The summed E-state index contributed by atoms with van der Waals surface area (Å²) in [4.78, 5) is 3.85. The second-order valence-corrected chi connectivity index (χ2v) is 8.68. The van der Waals surface area contributed by atoms with E-state index in [-0.39, 0.29) is 0 Å². The first-order chi connectivity index (χ1) is 10.2. The fourth-order valence-corrected chi connectivity index (χ4v) is 4.76. The zero-order valence-corrected chi connectivity index (χ0v) is 15.7. The van der Waals surface area contributed by atoms with Crippen molar-refractivity contribution in [1.82, 2.24) is 4.90 Å². The van der Waals surface area contributed by atoms with E-state index in [0.29, 0.717) is 0 Å². The van der Waals surface area contributed by atoms with E-state index >= 15 is 0 Å². The highest BCUT2D eigenvalue weighted by atomic mass is 79.9. The molecule has 0 aliphatic carbocycles. The number of hydrogen-bond donors (Lipinski definition) is 1. The quantitative estimate of drug-likeness (QED) is 0.676. The van der Waals surface area contributed by atoms with Gasteiger partial charge in [-0.25, -0.2) is 0 Å². The van der Waals surface area contributed by atoms with Gasteiger partial charge in [-0.1, -0.05) is 12.1 Å². The second kappa shape index (κ2) is 7.27. The van der Waals surface area contributed by atoms with Crippen LogP contribution in [0.1, 0.15) is 23.3 Å². The van der Waals surface area contributed by atoms with Crippen molar-refractivity contribution >= 4 is 48.9 Å². The maximum Gasteiger partial charge on any atom is 0.0843 e. The van der Waals surface area contributed by atoms with Crippen molar-refractivity contribution in [3.05, 3.63) is 49.0 Å². The van der Waals surface area contributed by atoms with Crippen LogP contribution in [0, 0.1) is 0 Å². The highest BCUT2D eigenvalue weighted by Gasteiger charge is 2.11. The molecule has 1 aliphatic heterocycles. The summed E-state index contributed by atoms with van der Waals surface area (Å²) in [5.74, 6) is 0. The van der Waals surface area contributed by atoms with Crippen molar-refractivity contribution in [3.8, 4) is 0 Å². The Labute approximate surface area is 146 Å². The maximum atomic E-state index is 3.54. The van der Waals surface area contributed by atoms with E-state index in [1.165, 1.54) is 42.1 Å². The molecule has 0 amide bonds. The molecule has 0 radical (unpaired) electrons. The van der Waals surface area contributed by atoms with Crippen molar-refractivity contribution in [2.45, 2.75) is 25.9 Å². The van der Waals surface area contributed by atoms with Gasteiger partial charge in [0.25, 0.3) is 0 Å². The molecule has 2 nitrogen and oxygen atoms in total. The van der Waals surface area contributed by atoms with E-state index in [1.54, 1.807) is 11.3 Å².